The molecule has 0 N–H and O–H groups in total. The Morgan fingerprint density at radius 2 is 0.597 bits per heavy atom. The van der Waals surface area contributed by atoms with Crippen molar-refractivity contribution in [1.82, 2.24) is 0 Å². The van der Waals surface area contributed by atoms with Gasteiger partial charge in [0.05, 0.1) is 0 Å². The average Bonchev–Trinajstić information content (AvgIpc) is 3.33. The van der Waals surface area contributed by atoms with Crippen molar-refractivity contribution >= 4 is 17.9 Å². The third kappa shape index (κ3) is 52.9. The molecule has 0 fully saturated rings. The maximum atomic E-state index is 12.8. The van der Waals surface area contributed by atoms with Gasteiger partial charge in [-0.25, -0.2) is 0 Å². The number of unbranched alkanes of at least 4 members (excludes halogenated alkanes) is 19. The third-order valence-corrected chi connectivity index (χ3v) is 11.3. The number of esters is 3. The molecule has 6 nitrogen and oxygen atoms in total. The van der Waals surface area contributed by atoms with Crippen molar-refractivity contribution in [2.24, 2.45) is 0 Å². The molecule has 0 heterocycles. The van der Waals surface area contributed by atoms with Crippen molar-refractivity contribution in [2.45, 2.75) is 245 Å². The highest BCUT2D eigenvalue weighted by molar-refractivity contribution is 5.71. The highest BCUT2D eigenvalue weighted by Crippen LogP contribution is 2.15. The van der Waals surface area contributed by atoms with Crippen molar-refractivity contribution in [1.29, 1.82) is 0 Å². The summed E-state index contributed by atoms with van der Waals surface area (Å²) in [5.74, 6) is -1.04. The lowest BCUT2D eigenvalue weighted by molar-refractivity contribution is -0.167. The molecule has 0 aromatic rings. The van der Waals surface area contributed by atoms with Crippen LogP contribution in [0.2, 0.25) is 0 Å². The van der Waals surface area contributed by atoms with Crippen LogP contribution in [0.5, 0.6) is 0 Å². The van der Waals surface area contributed by atoms with E-state index < -0.39 is 6.10 Å². The summed E-state index contributed by atoms with van der Waals surface area (Å²) in [4.78, 5) is 38.0. The van der Waals surface area contributed by atoms with Crippen LogP contribution in [0.4, 0.5) is 0 Å². The smallest absolute Gasteiger partial charge is 0.306 e. The molecule has 0 aromatic heterocycles. The highest BCUT2D eigenvalue weighted by atomic mass is 16.6. The molecule has 0 saturated carbocycles. The van der Waals surface area contributed by atoms with Crippen molar-refractivity contribution in [3.8, 4) is 0 Å². The zero-order valence-electron chi connectivity index (χ0n) is 43.4. The van der Waals surface area contributed by atoms with Crippen LogP contribution in [0.15, 0.2) is 109 Å². The van der Waals surface area contributed by atoms with Crippen LogP contribution in [0.1, 0.15) is 239 Å². The van der Waals surface area contributed by atoms with Crippen LogP contribution in [-0.2, 0) is 28.6 Å². The number of carbonyl (C=O) groups excluding carboxylic acids is 3. The van der Waals surface area contributed by atoms with E-state index in [0.717, 1.165) is 83.5 Å². The number of allylic oxidation sites excluding steroid dienone is 18. The van der Waals surface area contributed by atoms with Gasteiger partial charge in [0.25, 0.3) is 0 Å². The molecule has 0 spiro atoms. The summed E-state index contributed by atoms with van der Waals surface area (Å²) in [6.07, 6.45) is 73.7. The molecule has 0 rings (SSSR count). The maximum absolute atomic E-state index is 12.8. The first-order valence-corrected chi connectivity index (χ1v) is 27.4. The van der Waals surface area contributed by atoms with Gasteiger partial charge in [0.2, 0.25) is 0 Å². The fourth-order valence-corrected chi connectivity index (χ4v) is 7.18. The Morgan fingerprint density at radius 1 is 0.313 bits per heavy atom. The standard InChI is InChI=1S/C61H100O6/c1-4-7-10-13-16-19-22-25-28-30-33-36-39-42-45-48-51-54-60(63)66-57-58(56-65-59(62)53-50-47-44-41-38-35-32-27-24-21-18-15-12-9-6-3)67-61(64)55-52-49-46-43-40-37-34-31-29-26-23-20-17-14-11-8-5-2/h8,11,16-17,19-20,25-26,28-29,33-34,36-37,42-43,45-46,58H,4-7,9-10,12-15,18,21-24,27,30-32,35,38-41,44,47-57H2,1-3H3/b11-8-,19-16-,20-17-,28-25-,29-26-,36-33-,37-34-,45-42-,46-43-/t58-/m0/s1. The number of rotatable bonds is 48. The van der Waals surface area contributed by atoms with Crippen LogP contribution in [0.25, 0.3) is 0 Å². The van der Waals surface area contributed by atoms with Gasteiger partial charge in [-0.3, -0.25) is 14.4 Å². The fraction of sp³-hybridized carbons (Fsp3) is 0.656. The first-order chi connectivity index (χ1) is 33.0. The zero-order valence-corrected chi connectivity index (χ0v) is 43.4. The average molecular weight is 929 g/mol. The summed E-state index contributed by atoms with van der Waals surface area (Å²) in [5.41, 5.74) is 0. The molecule has 0 saturated heterocycles. The second-order valence-electron chi connectivity index (χ2n) is 17.8. The fourth-order valence-electron chi connectivity index (χ4n) is 7.18. The minimum absolute atomic E-state index is 0.117. The van der Waals surface area contributed by atoms with E-state index in [1.165, 1.54) is 103 Å². The van der Waals surface area contributed by atoms with Crippen molar-refractivity contribution < 1.29 is 28.6 Å². The van der Waals surface area contributed by atoms with Gasteiger partial charge in [0.1, 0.15) is 13.2 Å². The predicted octanol–water partition coefficient (Wildman–Crippen LogP) is 18.3. The Labute approximate surface area is 412 Å². The van der Waals surface area contributed by atoms with Gasteiger partial charge >= 0.3 is 17.9 Å². The molecule has 1 atom stereocenters. The van der Waals surface area contributed by atoms with Crippen LogP contribution in [0, 0.1) is 0 Å². The first-order valence-electron chi connectivity index (χ1n) is 27.4. The normalized spacial score (nSPS) is 12.9. The van der Waals surface area contributed by atoms with Crippen molar-refractivity contribution in [3.05, 3.63) is 109 Å². The second-order valence-corrected chi connectivity index (χ2v) is 17.8. The number of hydrogen-bond acceptors (Lipinski definition) is 6. The van der Waals surface area contributed by atoms with Gasteiger partial charge in [-0.15, -0.1) is 0 Å². The van der Waals surface area contributed by atoms with Gasteiger partial charge < -0.3 is 14.2 Å². The van der Waals surface area contributed by atoms with E-state index in [0.29, 0.717) is 19.3 Å². The SMILES string of the molecule is CC/C=C\C/C=C\C/C=C\C/C=C\C/C=C\CCCC(=O)O[C@H](COC(=O)CCC/C=C\C/C=C\C/C=C\C/C=C\CCCCC)COC(=O)CCCCCCCCCCCCCCCCC. The van der Waals surface area contributed by atoms with Gasteiger partial charge in [-0.1, -0.05) is 233 Å². The lowest BCUT2D eigenvalue weighted by Gasteiger charge is -2.18. The first kappa shape index (κ1) is 63.1. The molecule has 6 heteroatoms. The predicted molar refractivity (Wildman–Crippen MR) is 288 cm³/mol. The van der Waals surface area contributed by atoms with Crippen molar-refractivity contribution in [2.75, 3.05) is 13.2 Å². The largest absolute Gasteiger partial charge is 0.462 e. The summed E-state index contributed by atoms with van der Waals surface area (Å²) in [6, 6.07) is 0. The molecule has 0 radical (unpaired) electrons. The molecule has 0 aliphatic heterocycles. The Bertz CT molecular complexity index is 1390. The topological polar surface area (TPSA) is 78.9 Å². The summed E-state index contributed by atoms with van der Waals surface area (Å²) in [6.45, 7) is 6.40. The van der Waals surface area contributed by atoms with E-state index in [1.54, 1.807) is 0 Å². The Morgan fingerprint density at radius 3 is 0.970 bits per heavy atom. The summed E-state index contributed by atoms with van der Waals surface area (Å²) in [7, 11) is 0. The second kappa shape index (κ2) is 54.7. The monoisotopic (exact) mass is 929 g/mol. The van der Waals surface area contributed by atoms with Crippen LogP contribution >= 0.6 is 0 Å². The molecule has 0 bridgehead atoms. The molecule has 0 aromatic carbocycles. The summed E-state index contributed by atoms with van der Waals surface area (Å²) in [5, 5.41) is 0. The molecule has 0 amide bonds. The van der Waals surface area contributed by atoms with E-state index in [2.05, 4.69) is 130 Å². The quantitative estimate of drug-likeness (QED) is 0.0262. The van der Waals surface area contributed by atoms with Crippen molar-refractivity contribution in [3.63, 3.8) is 0 Å². The summed E-state index contributed by atoms with van der Waals surface area (Å²) < 4.78 is 16.7. The van der Waals surface area contributed by atoms with Crippen LogP contribution in [-0.4, -0.2) is 37.2 Å². The lowest BCUT2D eigenvalue weighted by Crippen LogP contribution is -2.30. The molecule has 0 aliphatic rings. The van der Waals surface area contributed by atoms with Gasteiger partial charge in [-0.2, -0.15) is 0 Å². The minimum atomic E-state index is -0.830. The molecular weight excluding hydrogens is 829 g/mol. The van der Waals surface area contributed by atoms with Gasteiger partial charge in [0, 0.05) is 19.3 Å². The number of ether oxygens (including phenoxy) is 3. The molecule has 0 unspecified atom stereocenters. The Hall–Kier alpha value is -3.93. The molecular formula is C61H100O6. The molecule has 67 heavy (non-hydrogen) atoms. The van der Waals surface area contributed by atoms with E-state index in [4.69, 9.17) is 14.2 Å². The van der Waals surface area contributed by atoms with E-state index in [9.17, 15) is 14.4 Å². The van der Waals surface area contributed by atoms with E-state index in [1.807, 2.05) is 0 Å². The van der Waals surface area contributed by atoms with Crippen LogP contribution < -0.4 is 0 Å². The molecule has 380 valence electrons. The Balaban J connectivity index is 4.57. The maximum Gasteiger partial charge on any atom is 0.306 e. The zero-order chi connectivity index (χ0) is 48.6. The minimum Gasteiger partial charge on any atom is -0.462 e. The van der Waals surface area contributed by atoms with Crippen LogP contribution in [0.3, 0.4) is 0 Å². The van der Waals surface area contributed by atoms with E-state index >= 15 is 0 Å². The number of carbonyl (C=O) groups is 3. The van der Waals surface area contributed by atoms with Gasteiger partial charge in [-0.05, 0) is 96.3 Å². The van der Waals surface area contributed by atoms with E-state index in [-0.39, 0.29) is 44.0 Å². The third-order valence-electron chi connectivity index (χ3n) is 11.3. The molecule has 0 aliphatic carbocycles. The lowest BCUT2D eigenvalue weighted by atomic mass is 10.0. The number of hydrogen-bond donors (Lipinski definition) is 0. The Kier molecular flexibility index (Phi) is 51.5. The highest BCUT2D eigenvalue weighted by Gasteiger charge is 2.19. The van der Waals surface area contributed by atoms with Gasteiger partial charge in [0.15, 0.2) is 6.10 Å². The summed E-state index contributed by atoms with van der Waals surface area (Å²) >= 11 is 0.